The Morgan fingerprint density at radius 3 is 2.81 bits per heavy atom. The van der Waals surface area contributed by atoms with Crippen molar-refractivity contribution in [3.63, 3.8) is 0 Å². The van der Waals surface area contributed by atoms with Gasteiger partial charge in [0.2, 0.25) is 11.8 Å². The van der Waals surface area contributed by atoms with Gasteiger partial charge >= 0.3 is 0 Å². The molecule has 1 saturated heterocycles. The molecule has 1 aromatic carbocycles. The van der Waals surface area contributed by atoms with Gasteiger partial charge in [-0.2, -0.15) is 0 Å². The quantitative estimate of drug-likeness (QED) is 0.672. The van der Waals surface area contributed by atoms with E-state index in [0.717, 1.165) is 0 Å². The van der Waals surface area contributed by atoms with Crippen LogP contribution in [0.5, 0.6) is 5.75 Å². The molecule has 1 aromatic rings. The lowest BCUT2D eigenvalue weighted by Gasteiger charge is -2.22. The van der Waals surface area contributed by atoms with Crippen LogP contribution < -0.4 is 20.7 Å². The maximum atomic E-state index is 11.9. The lowest BCUT2D eigenvalue weighted by molar-refractivity contribution is -0.127. The van der Waals surface area contributed by atoms with E-state index in [4.69, 9.17) is 4.74 Å². The summed E-state index contributed by atoms with van der Waals surface area (Å²) in [5.41, 5.74) is 0.669. The van der Waals surface area contributed by atoms with Gasteiger partial charge in [-0.3, -0.25) is 9.59 Å². The van der Waals surface area contributed by atoms with Crippen LogP contribution in [0.25, 0.3) is 0 Å². The number of rotatable bonds is 6. The number of benzene rings is 1. The largest absolute Gasteiger partial charge is 0.490 e. The Bertz CT molecular complexity index is 513. The third-order valence-electron chi connectivity index (χ3n) is 3.03. The van der Waals surface area contributed by atoms with Crippen molar-refractivity contribution in [1.29, 1.82) is 0 Å². The zero-order valence-electron chi connectivity index (χ0n) is 11.7. The normalized spacial score (nSPS) is 17.7. The summed E-state index contributed by atoms with van der Waals surface area (Å²) in [6, 6.07) is 6.58. The predicted octanol–water partition coefficient (Wildman–Crippen LogP) is 0.668. The SMILES string of the molecule is C=CCOc1ccc(NC(=O)CC2NCCNC2=O)cc1. The van der Waals surface area contributed by atoms with E-state index in [0.29, 0.717) is 31.1 Å². The van der Waals surface area contributed by atoms with Gasteiger partial charge in [-0.15, -0.1) is 0 Å². The summed E-state index contributed by atoms with van der Waals surface area (Å²) in [5.74, 6) is 0.370. The van der Waals surface area contributed by atoms with Gasteiger partial charge in [-0.05, 0) is 24.3 Å². The second-order valence-electron chi connectivity index (χ2n) is 4.67. The first kappa shape index (κ1) is 15.1. The van der Waals surface area contributed by atoms with E-state index in [2.05, 4.69) is 22.5 Å². The number of ether oxygens (including phenoxy) is 1. The van der Waals surface area contributed by atoms with Crippen molar-refractivity contribution in [2.24, 2.45) is 0 Å². The number of hydrogen-bond acceptors (Lipinski definition) is 4. The molecular weight excluding hydrogens is 270 g/mol. The maximum Gasteiger partial charge on any atom is 0.237 e. The third-order valence-corrected chi connectivity index (χ3v) is 3.03. The fourth-order valence-corrected chi connectivity index (χ4v) is 2.00. The fourth-order valence-electron chi connectivity index (χ4n) is 2.00. The second-order valence-corrected chi connectivity index (χ2v) is 4.67. The number of carbonyl (C=O) groups excluding carboxylic acids is 2. The van der Waals surface area contributed by atoms with Crippen molar-refractivity contribution in [1.82, 2.24) is 10.6 Å². The Hall–Kier alpha value is -2.34. The van der Waals surface area contributed by atoms with Crippen LogP contribution in [-0.4, -0.2) is 37.6 Å². The minimum Gasteiger partial charge on any atom is -0.490 e. The topological polar surface area (TPSA) is 79.5 Å². The maximum absolute atomic E-state index is 11.9. The van der Waals surface area contributed by atoms with Gasteiger partial charge in [0.15, 0.2) is 0 Å². The molecule has 112 valence electrons. The van der Waals surface area contributed by atoms with Gasteiger partial charge in [0.05, 0.1) is 12.5 Å². The summed E-state index contributed by atoms with van der Waals surface area (Å²) in [5, 5.41) is 8.50. The van der Waals surface area contributed by atoms with Crippen LogP contribution in [0.3, 0.4) is 0 Å². The zero-order chi connectivity index (χ0) is 15.1. The molecule has 6 heteroatoms. The molecule has 1 unspecified atom stereocenters. The number of piperazine rings is 1. The summed E-state index contributed by atoms with van der Waals surface area (Å²) in [4.78, 5) is 23.5. The van der Waals surface area contributed by atoms with E-state index in [1.54, 1.807) is 30.3 Å². The molecule has 2 rings (SSSR count). The minimum absolute atomic E-state index is 0.112. The number of anilines is 1. The standard InChI is InChI=1S/C15H19N3O3/c1-2-9-21-12-5-3-11(4-6-12)18-14(19)10-13-15(20)17-8-7-16-13/h2-6,13,16H,1,7-10H2,(H,17,20)(H,18,19). The van der Waals surface area contributed by atoms with E-state index < -0.39 is 6.04 Å². The van der Waals surface area contributed by atoms with E-state index in [9.17, 15) is 9.59 Å². The van der Waals surface area contributed by atoms with Crippen molar-refractivity contribution >= 4 is 17.5 Å². The Kier molecular flexibility index (Phi) is 5.34. The molecule has 21 heavy (non-hydrogen) atoms. The minimum atomic E-state index is -0.464. The Morgan fingerprint density at radius 2 is 2.14 bits per heavy atom. The zero-order valence-corrected chi connectivity index (χ0v) is 11.7. The molecule has 0 radical (unpaired) electrons. The van der Waals surface area contributed by atoms with Gasteiger partial charge in [0, 0.05) is 18.8 Å². The summed E-state index contributed by atoms with van der Waals surface area (Å²) < 4.78 is 5.36. The molecule has 1 atom stereocenters. The molecule has 2 amide bonds. The predicted molar refractivity (Wildman–Crippen MR) is 80.2 cm³/mol. The van der Waals surface area contributed by atoms with Gasteiger partial charge in [-0.25, -0.2) is 0 Å². The summed E-state index contributed by atoms with van der Waals surface area (Å²) in [6.07, 6.45) is 1.78. The van der Waals surface area contributed by atoms with E-state index in [-0.39, 0.29) is 18.2 Å². The average Bonchev–Trinajstić information content (AvgIpc) is 2.49. The molecular formula is C15H19N3O3. The monoisotopic (exact) mass is 289 g/mol. The molecule has 1 heterocycles. The lowest BCUT2D eigenvalue weighted by atomic mass is 10.1. The highest BCUT2D eigenvalue weighted by molar-refractivity contribution is 5.95. The lowest BCUT2D eigenvalue weighted by Crippen LogP contribution is -2.53. The van der Waals surface area contributed by atoms with Crippen molar-refractivity contribution in [3.05, 3.63) is 36.9 Å². The Morgan fingerprint density at radius 1 is 1.38 bits per heavy atom. The molecule has 0 aromatic heterocycles. The highest BCUT2D eigenvalue weighted by atomic mass is 16.5. The molecule has 1 aliphatic rings. The van der Waals surface area contributed by atoms with Crippen LogP contribution in [-0.2, 0) is 9.59 Å². The first-order valence-electron chi connectivity index (χ1n) is 6.84. The highest BCUT2D eigenvalue weighted by Crippen LogP contribution is 2.16. The van der Waals surface area contributed by atoms with Crippen LogP contribution in [0.15, 0.2) is 36.9 Å². The van der Waals surface area contributed by atoms with E-state index in [1.165, 1.54) is 0 Å². The van der Waals surface area contributed by atoms with Gasteiger partial charge in [-0.1, -0.05) is 12.7 Å². The molecule has 0 saturated carbocycles. The van der Waals surface area contributed by atoms with Crippen LogP contribution in [0.1, 0.15) is 6.42 Å². The molecule has 1 aliphatic heterocycles. The molecule has 1 fully saturated rings. The first-order valence-corrected chi connectivity index (χ1v) is 6.84. The number of hydrogen-bond donors (Lipinski definition) is 3. The van der Waals surface area contributed by atoms with Crippen molar-refractivity contribution in [3.8, 4) is 5.75 Å². The molecule has 0 bridgehead atoms. The third kappa shape index (κ3) is 4.61. The average molecular weight is 289 g/mol. The summed E-state index contributed by atoms with van der Waals surface area (Å²) in [6.45, 7) is 5.29. The molecule has 0 spiro atoms. The molecule has 0 aliphatic carbocycles. The van der Waals surface area contributed by atoms with Gasteiger partial charge in [0.25, 0.3) is 0 Å². The van der Waals surface area contributed by atoms with E-state index >= 15 is 0 Å². The number of amides is 2. The van der Waals surface area contributed by atoms with E-state index in [1.807, 2.05) is 0 Å². The smallest absolute Gasteiger partial charge is 0.237 e. The summed E-state index contributed by atoms with van der Waals surface area (Å²) in [7, 11) is 0. The summed E-state index contributed by atoms with van der Waals surface area (Å²) >= 11 is 0. The molecule has 6 nitrogen and oxygen atoms in total. The number of nitrogens with one attached hydrogen (secondary N) is 3. The van der Waals surface area contributed by atoms with Crippen molar-refractivity contribution in [2.45, 2.75) is 12.5 Å². The first-order chi connectivity index (χ1) is 10.2. The molecule has 3 N–H and O–H groups in total. The van der Waals surface area contributed by atoms with Crippen LogP contribution in [0.4, 0.5) is 5.69 Å². The van der Waals surface area contributed by atoms with Gasteiger partial charge in [0.1, 0.15) is 12.4 Å². The van der Waals surface area contributed by atoms with Crippen molar-refractivity contribution < 1.29 is 14.3 Å². The number of carbonyl (C=O) groups is 2. The fraction of sp³-hybridized carbons (Fsp3) is 0.333. The Labute approximate surface area is 123 Å². The van der Waals surface area contributed by atoms with Crippen LogP contribution in [0, 0.1) is 0 Å². The highest BCUT2D eigenvalue weighted by Gasteiger charge is 2.23. The second kappa shape index (κ2) is 7.44. The van der Waals surface area contributed by atoms with Crippen molar-refractivity contribution in [2.75, 3.05) is 25.0 Å². The van der Waals surface area contributed by atoms with Gasteiger partial charge < -0.3 is 20.7 Å². The Balaban J connectivity index is 1.84. The van der Waals surface area contributed by atoms with Crippen LogP contribution >= 0.6 is 0 Å². The van der Waals surface area contributed by atoms with Crippen LogP contribution in [0.2, 0.25) is 0 Å².